The predicted octanol–water partition coefficient (Wildman–Crippen LogP) is 3.07. The van der Waals surface area contributed by atoms with Gasteiger partial charge in [0, 0.05) is 26.1 Å². The zero-order valence-electron chi connectivity index (χ0n) is 14.9. The molecular weight excluding hydrogens is 345 g/mol. The number of rotatable bonds is 5. The molecular formula is C18H35Cl2N3O. The zero-order chi connectivity index (χ0) is 15.4. The first-order valence-corrected chi connectivity index (χ1v) is 9.41. The third-order valence-electron chi connectivity index (χ3n) is 6.23. The van der Waals surface area contributed by atoms with Gasteiger partial charge in [-0.3, -0.25) is 4.79 Å². The van der Waals surface area contributed by atoms with E-state index in [1.165, 1.54) is 58.2 Å². The van der Waals surface area contributed by atoms with Crippen LogP contribution in [0.3, 0.4) is 0 Å². The Balaban J connectivity index is 0.00000144. The number of hydrogen-bond acceptors (Lipinski definition) is 3. The van der Waals surface area contributed by atoms with Crippen molar-refractivity contribution in [2.45, 2.75) is 57.8 Å². The van der Waals surface area contributed by atoms with Gasteiger partial charge >= 0.3 is 0 Å². The molecule has 1 atom stereocenters. The second-order valence-corrected chi connectivity index (χ2v) is 7.94. The van der Waals surface area contributed by atoms with Gasteiger partial charge in [0.15, 0.2) is 0 Å². The predicted molar refractivity (Wildman–Crippen MR) is 104 cm³/mol. The molecule has 2 heterocycles. The number of nitrogens with zero attached hydrogens (tertiary/aromatic N) is 2. The molecule has 1 amide bonds. The fourth-order valence-corrected chi connectivity index (χ4v) is 4.73. The van der Waals surface area contributed by atoms with Gasteiger partial charge in [0.2, 0.25) is 5.91 Å². The number of amides is 1. The molecule has 3 fully saturated rings. The fraction of sp³-hybridized carbons (Fsp3) is 0.944. The van der Waals surface area contributed by atoms with Gasteiger partial charge < -0.3 is 15.5 Å². The van der Waals surface area contributed by atoms with E-state index in [4.69, 9.17) is 5.73 Å². The van der Waals surface area contributed by atoms with Crippen molar-refractivity contribution in [2.24, 2.45) is 17.1 Å². The molecule has 3 rings (SSSR count). The van der Waals surface area contributed by atoms with Gasteiger partial charge in [-0.05, 0) is 63.1 Å². The van der Waals surface area contributed by atoms with Crippen LogP contribution in [0.4, 0.5) is 0 Å². The molecule has 6 heteroatoms. The molecule has 142 valence electrons. The van der Waals surface area contributed by atoms with Crippen LogP contribution in [0.15, 0.2) is 0 Å². The highest BCUT2D eigenvalue weighted by Gasteiger charge is 2.36. The van der Waals surface area contributed by atoms with Crippen molar-refractivity contribution in [2.75, 3.05) is 39.3 Å². The molecule has 2 N–H and O–H groups in total. The smallest absolute Gasteiger partial charge is 0.223 e. The zero-order valence-corrected chi connectivity index (χ0v) is 16.5. The molecule has 0 aromatic rings. The van der Waals surface area contributed by atoms with Gasteiger partial charge in [0.1, 0.15) is 0 Å². The molecule has 1 unspecified atom stereocenters. The lowest BCUT2D eigenvalue weighted by molar-refractivity contribution is -0.133. The molecule has 24 heavy (non-hydrogen) atoms. The van der Waals surface area contributed by atoms with E-state index in [2.05, 4.69) is 9.80 Å². The fourth-order valence-electron chi connectivity index (χ4n) is 4.73. The summed E-state index contributed by atoms with van der Waals surface area (Å²) in [7, 11) is 0. The van der Waals surface area contributed by atoms with Crippen molar-refractivity contribution >= 4 is 30.7 Å². The maximum Gasteiger partial charge on any atom is 0.223 e. The number of likely N-dealkylation sites (tertiary alicyclic amines) is 2. The second-order valence-electron chi connectivity index (χ2n) is 7.94. The average molecular weight is 380 g/mol. The second kappa shape index (κ2) is 10.2. The lowest BCUT2D eigenvalue weighted by Crippen LogP contribution is -2.40. The van der Waals surface area contributed by atoms with Crippen LogP contribution in [0.1, 0.15) is 57.8 Å². The van der Waals surface area contributed by atoms with E-state index in [1.807, 2.05) is 0 Å². The van der Waals surface area contributed by atoms with Crippen LogP contribution in [0, 0.1) is 11.3 Å². The summed E-state index contributed by atoms with van der Waals surface area (Å²) in [5.74, 6) is 1.07. The standard InChI is InChI=1S/C18H33N3O.2ClH/c19-15-18(7-2-1-3-8-18)12-17(22)21-11-6-16(14-21)13-20-9-4-5-10-20;;/h16H,1-15,19H2;2*1H. The van der Waals surface area contributed by atoms with Crippen molar-refractivity contribution in [3.63, 3.8) is 0 Å². The van der Waals surface area contributed by atoms with E-state index in [1.54, 1.807) is 0 Å². The van der Waals surface area contributed by atoms with Gasteiger partial charge in [-0.25, -0.2) is 0 Å². The lowest BCUT2D eigenvalue weighted by atomic mass is 9.71. The van der Waals surface area contributed by atoms with Crippen LogP contribution in [0.25, 0.3) is 0 Å². The molecule has 0 aromatic carbocycles. The first kappa shape index (κ1) is 22.0. The molecule has 1 saturated carbocycles. The van der Waals surface area contributed by atoms with Crippen molar-refractivity contribution in [3.8, 4) is 0 Å². The molecule has 4 nitrogen and oxygen atoms in total. The highest BCUT2D eigenvalue weighted by Crippen LogP contribution is 2.39. The summed E-state index contributed by atoms with van der Waals surface area (Å²) in [4.78, 5) is 17.4. The Morgan fingerprint density at radius 3 is 2.29 bits per heavy atom. The molecule has 2 aliphatic heterocycles. The van der Waals surface area contributed by atoms with Crippen molar-refractivity contribution in [1.82, 2.24) is 9.80 Å². The Hall–Kier alpha value is -0.0300. The summed E-state index contributed by atoms with van der Waals surface area (Å²) >= 11 is 0. The van der Waals surface area contributed by atoms with Crippen LogP contribution >= 0.6 is 24.8 Å². The SMILES string of the molecule is Cl.Cl.NCC1(CC(=O)N2CCC(CN3CCCC3)C2)CCCCC1. The first-order valence-electron chi connectivity index (χ1n) is 9.41. The number of carbonyl (C=O) groups excluding carboxylic acids is 1. The van der Waals surface area contributed by atoms with Gasteiger partial charge in [0.25, 0.3) is 0 Å². The molecule has 0 radical (unpaired) electrons. The topological polar surface area (TPSA) is 49.6 Å². The van der Waals surface area contributed by atoms with E-state index in [0.29, 0.717) is 24.8 Å². The Morgan fingerprint density at radius 1 is 1.00 bits per heavy atom. The van der Waals surface area contributed by atoms with E-state index in [9.17, 15) is 4.79 Å². The number of halogens is 2. The lowest BCUT2D eigenvalue weighted by Gasteiger charge is -2.36. The number of hydrogen-bond donors (Lipinski definition) is 1. The minimum atomic E-state index is 0. The highest BCUT2D eigenvalue weighted by atomic mass is 35.5. The van der Waals surface area contributed by atoms with Crippen LogP contribution in [-0.2, 0) is 4.79 Å². The van der Waals surface area contributed by atoms with Crippen molar-refractivity contribution < 1.29 is 4.79 Å². The van der Waals surface area contributed by atoms with Crippen LogP contribution < -0.4 is 5.73 Å². The first-order chi connectivity index (χ1) is 10.7. The van der Waals surface area contributed by atoms with Crippen LogP contribution in [0.2, 0.25) is 0 Å². The normalized spacial score (nSPS) is 26.7. The summed E-state index contributed by atoms with van der Waals surface area (Å²) in [6, 6.07) is 0. The van der Waals surface area contributed by atoms with E-state index >= 15 is 0 Å². The van der Waals surface area contributed by atoms with Crippen molar-refractivity contribution in [3.05, 3.63) is 0 Å². The molecule has 2 saturated heterocycles. The summed E-state index contributed by atoms with van der Waals surface area (Å²) in [5.41, 5.74) is 6.16. The van der Waals surface area contributed by atoms with Crippen LogP contribution in [0.5, 0.6) is 0 Å². The Morgan fingerprint density at radius 2 is 1.67 bits per heavy atom. The summed E-state index contributed by atoms with van der Waals surface area (Å²) in [5, 5.41) is 0. The van der Waals surface area contributed by atoms with Gasteiger partial charge in [-0.15, -0.1) is 24.8 Å². The molecule has 0 spiro atoms. The van der Waals surface area contributed by atoms with Gasteiger partial charge in [-0.2, -0.15) is 0 Å². The molecule has 0 aromatic heterocycles. The summed E-state index contributed by atoms with van der Waals surface area (Å²) < 4.78 is 0. The molecule has 1 aliphatic carbocycles. The maximum absolute atomic E-state index is 12.7. The largest absolute Gasteiger partial charge is 0.342 e. The Labute approximate surface area is 159 Å². The monoisotopic (exact) mass is 379 g/mol. The van der Waals surface area contributed by atoms with Gasteiger partial charge in [-0.1, -0.05) is 19.3 Å². The minimum Gasteiger partial charge on any atom is -0.342 e. The Bertz CT molecular complexity index is 382. The number of nitrogens with two attached hydrogens (primary N) is 1. The maximum atomic E-state index is 12.7. The Kier molecular flexibility index (Phi) is 9.35. The third kappa shape index (κ3) is 5.48. The highest BCUT2D eigenvalue weighted by molar-refractivity contribution is 5.85. The van der Waals surface area contributed by atoms with Gasteiger partial charge in [0.05, 0.1) is 0 Å². The van der Waals surface area contributed by atoms with E-state index in [0.717, 1.165) is 25.9 Å². The molecule has 3 aliphatic rings. The number of carbonyl (C=O) groups is 1. The molecule has 0 bridgehead atoms. The third-order valence-corrected chi connectivity index (χ3v) is 6.23. The minimum absolute atomic E-state index is 0. The summed E-state index contributed by atoms with van der Waals surface area (Å²) in [6.45, 7) is 6.37. The van der Waals surface area contributed by atoms with E-state index in [-0.39, 0.29) is 30.2 Å². The summed E-state index contributed by atoms with van der Waals surface area (Å²) in [6.07, 6.45) is 10.7. The van der Waals surface area contributed by atoms with E-state index < -0.39 is 0 Å². The average Bonchev–Trinajstić information content (AvgIpc) is 3.20. The van der Waals surface area contributed by atoms with Crippen molar-refractivity contribution in [1.29, 1.82) is 0 Å². The quantitative estimate of drug-likeness (QED) is 0.798. The van der Waals surface area contributed by atoms with Crippen LogP contribution in [-0.4, -0.2) is 55.0 Å².